The van der Waals surface area contributed by atoms with Gasteiger partial charge in [0.05, 0.1) is 11.4 Å². The molecule has 1 heterocycles. The second kappa shape index (κ2) is 4.39. The van der Waals surface area contributed by atoms with Crippen LogP contribution in [0, 0.1) is 5.92 Å². The van der Waals surface area contributed by atoms with Gasteiger partial charge in [-0.3, -0.25) is 0 Å². The topological polar surface area (TPSA) is 57.6 Å². The summed E-state index contributed by atoms with van der Waals surface area (Å²) >= 11 is 0. The first-order valence-corrected chi connectivity index (χ1v) is 7.08. The molecule has 1 N–H and O–H groups in total. The van der Waals surface area contributed by atoms with E-state index in [1.54, 1.807) is 6.92 Å². The highest BCUT2D eigenvalue weighted by Gasteiger charge is 2.37. The van der Waals surface area contributed by atoms with Crippen molar-refractivity contribution in [2.45, 2.75) is 39.2 Å². The van der Waals surface area contributed by atoms with Crippen LogP contribution in [0.1, 0.15) is 33.6 Å². The van der Waals surface area contributed by atoms with Crippen LogP contribution in [0.5, 0.6) is 0 Å². The zero-order valence-electron chi connectivity index (χ0n) is 9.73. The summed E-state index contributed by atoms with van der Waals surface area (Å²) in [4.78, 5) is 0. The maximum absolute atomic E-state index is 11.7. The molecule has 4 nitrogen and oxygen atoms in total. The SMILES string of the molecule is CCCC(C)(O)CN1CC(C)CS1(=O)=O. The number of hydrogen-bond donors (Lipinski definition) is 1. The molecule has 0 aromatic rings. The zero-order chi connectivity index (χ0) is 11.7. The fourth-order valence-corrected chi connectivity index (χ4v) is 4.13. The summed E-state index contributed by atoms with van der Waals surface area (Å²) in [6, 6.07) is 0. The van der Waals surface area contributed by atoms with Crippen LogP contribution in [0.15, 0.2) is 0 Å². The molecular formula is C10H21NO3S. The van der Waals surface area contributed by atoms with Gasteiger partial charge < -0.3 is 5.11 Å². The Kier molecular flexibility index (Phi) is 3.79. The van der Waals surface area contributed by atoms with Crippen LogP contribution in [0.3, 0.4) is 0 Å². The highest BCUT2D eigenvalue weighted by Crippen LogP contribution is 2.23. The van der Waals surface area contributed by atoms with Crippen molar-refractivity contribution in [3.63, 3.8) is 0 Å². The molecule has 0 amide bonds. The van der Waals surface area contributed by atoms with Crippen molar-refractivity contribution in [1.82, 2.24) is 4.31 Å². The summed E-state index contributed by atoms with van der Waals surface area (Å²) in [5, 5.41) is 9.99. The van der Waals surface area contributed by atoms with E-state index in [1.807, 2.05) is 13.8 Å². The van der Waals surface area contributed by atoms with E-state index in [-0.39, 0.29) is 18.2 Å². The zero-order valence-corrected chi connectivity index (χ0v) is 10.5. The molecule has 1 aliphatic heterocycles. The van der Waals surface area contributed by atoms with Crippen LogP contribution < -0.4 is 0 Å². The fourth-order valence-electron chi connectivity index (χ4n) is 2.14. The third-order valence-corrected chi connectivity index (χ3v) is 4.76. The minimum atomic E-state index is -3.11. The Morgan fingerprint density at radius 2 is 2.13 bits per heavy atom. The van der Waals surface area contributed by atoms with E-state index in [0.717, 1.165) is 6.42 Å². The summed E-state index contributed by atoms with van der Waals surface area (Å²) in [7, 11) is -3.11. The molecule has 0 aromatic carbocycles. The van der Waals surface area contributed by atoms with Gasteiger partial charge in [-0.25, -0.2) is 8.42 Å². The molecule has 0 saturated carbocycles. The normalized spacial score (nSPS) is 30.3. The lowest BCUT2D eigenvalue weighted by atomic mass is 10.0. The maximum Gasteiger partial charge on any atom is 0.214 e. The predicted octanol–water partition coefficient (Wildman–Crippen LogP) is 0.819. The smallest absolute Gasteiger partial charge is 0.214 e. The lowest BCUT2D eigenvalue weighted by Gasteiger charge is -2.27. The minimum Gasteiger partial charge on any atom is -0.389 e. The Labute approximate surface area is 92.3 Å². The number of aliphatic hydroxyl groups is 1. The van der Waals surface area contributed by atoms with Gasteiger partial charge in [0.25, 0.3) is 0 Å². The highest BCUT2D eigenvalue weighted by molar-refractivity contribution is 7.89. The largest absolute Gasteiger partial charge is 0.389 e. The van der Waals surface area contributed by atoms with E-state index < -0.39 is 15.6 Å². The first-order chi connectivity index (χ1) is 6.77. The third-order valence-electron chi connectivity index (χ3n) is 2.71. The first kappa shape index (κ1) is 12.9. The Morgan fingerprint density at radius 1 is 1.53 bits per heavy atom. The summed E-state index contributed by atoms with van der Waals surface area (Å²) in [6.07, 6.45) is 1.49. The molecule has 0 aromatic heterocycles. The maximum atomic E-state index is 11.7. The van der Waals surface area contributed by atoms with Crippen molar-refractivity contribution >= 4 is 10.0 Å². The van der Waals surface area contributed by atoms with Crippen molar-refractivity contribution < 1.29 is 13.5 Å². The lowest BCUT2D eigenvalue weighted by Crippen LogP contribution is -2.41. The molecule has 15 heavy (non-hydrogen) atoms. The molecule has 0 spiro atoms. The monoisotopic (exact) mass is 235 g/mol. The van der Waals surface area contributed by atoms with Gasteiger partial charge >= 0.3 is 0 Å². The quantitative estimate of drug-likeness (QED) is 0.785. The van der Waals surface area contributed by atoms with E-state index >= 15 is 0 Å². The van der Waals surface area contributed by atoms with Gasteiger partial charge in [-0.15, -0.1) is 0 Å². The van der Waals surface area contributed by atoms with Gasteiger partial charge in [-0.2, -0.15) is 4.31 Å². The van der Waals surface area contributed by atoms with E-state index in [9.17, 15) is 13.5 Å². The summed E-state index contributed by atoms with van der Waals surface area (Å²) < 4.78 is 24.8. The van der Waals surface area contributed by atoms with Crippen molar-refractivity contribution in [3.05, 3.63) is 0 Å². The molecule has 90 valence electrons. The van der Waals surface area contributed by atoms with Gasteiger partial charge in [0.15, 0.2) is 0 Å². The second-order valence-corrected chi connectivity index (χ2v) is 6.94. The molecule has 0 bridgehead atoms. The Morgan fingerprint density at radius 3 is 2.53 bits per heavy atom. The number of rotatable bonds is 4. The van der Waals surface area contributed by atoms with Crippen molar-refractivity contribution in [3.8, 4) is 0 Å². The van der Waals surface area contributed by atoms with Gasteiger partial charge in [0.2, 0.25) is 10.0 Å². The second-order valence-electron chi connectivity index (χ2n) is 4.92. The predicted molar refractivity (Wildman–Crippen MR) is 60.1 cm³/mol. The van der Waals surface area contributed by atoms with E-state index in [2.05, 4.69) is 0 Å². The van der Waals surface area contributed by atoms with Crippen LogP contribution >= 0.6 is 0 Å². The number of sulfonamides is 1. The third kappa shape index (κ3) is 3.43. The molecule has 1 rings (SSSR count). The average molecular weight is 235 g/mol. The molecule has 0 radical (unpaired) electrons. The van der Waals surface area contributed by atoms with Crippen LogP contribution in [-0.4, -0.2) is 42.3 Å². The summed E-state index contributed by atoms with van der Waals surface area (Å²) in [6.45, 7) is 6.38. The van der Waals surface area contributed by atoms with Crippen LogP contribution in [-0.2, 0) is 10.0 Å². The van der Waals surface area contributed by atoms with Crippen LogP contribution in [0.4, 0.5) is 0 Å². The Balaban J connectivity index is 2.66. The summed E-state index contributed by atoms with van der Waals surface area (Å²) in [5.41, 5.74) is -0.897. The highest BCUT2D eigenvalue weighted by atomic mass is 32.2. The van der Waals surface area contributed by atoms with E-state index in [1.165, 1.54) is 4.31 Å². The summed E-state index contributed by atoms with van der Waals surface area (Å²) in [5.74, 6) is 0.391. The molecule has 2 atom stereocenters. The van der Waals surface area contributed by atoms with E-state index in [0.29, 0.717) is 13.0 Å². The lowest BCUT2D eigenvalue weighted by molar-refractivity contribution is 0.0321. The minimum absolute atomic E-state index is 0.174. The molecule has 1 aliphatic rings. The fraction of sp³-hybridized carbons (Fsp3) is 1.00. The van der Waals surface area contributed by atoms with Gasteiger partial charge in [0.1, 0.15) is 0 Å². The van der Waals surface area contributed by atoms with E-state index in [4.69, 9.17) is 0 Å². The Hall–Kier alpha value is -0.130. The van der Waals surface area contributed by atoms with Gasteiger partial charge in [-0.05, 0) is 19.3 Å². The van der Waals surface area contributed by atoms with Gasteiger partial charge in [0, 0.05) is 13.1 Å². The van der Waals surface area contributed by atoms with Crippen LogP contribution in [0.25, 0.3) is 0 Å². The standard InChI is InChI=1S/C10H21NO3S/c1-4-5-10(3,12)8-11-6-9(2)7-15(11,13)14/h9,12H,4-8H2,1-3H3. The van der Waals surface area contributed by atoms with Gasteiger partial charge in [-0.1, -0.05) is 20.3 Å². The number of nitrogens with zero attached hydrogens (tertiary/aromatic N) is 1. The van der Waals surface area contributed by atoms with Crippen LogP contribution in [0.2, 0.25) is 0 Å². The first-order valence-electron chi connectivity index (χ1n) is 5.47. The molecule has 0 aliphatic carbocycles. The molecular weight excluding hydrogens is 214 g/mol. The molecule has 1 saturated heterocycles. The number of hydrogen-bond acceptors (Lipinski definition) is 3. The van der Waals surface area contributed by atoms with Crippen molar-refractivity contribution in [2.75, 3.05) is 18.8 Å². The Bertz CT molecular complexity index is 311. The number of β-amino-alcohol motifs (C(OH)–C–C–N with tert-alkyl or cyclic N) is 1. The van der Waals surface area contributed by atoms with Crippen molar-refractivity contribution in [1.29, 1.82) is 0 Å². The van der Waals surface area contributed by atoms with Crippen molar-refractivity contribution in [2.24, 2.45) is 5.92 Å². The average Bonchev–Trinajstić information content (AvgIpc) is 2.22. The molecule has 2 unspecified atom stereocenters. The molecule has 5 heteroatoms. The molecule has 1 fully saturated rings.